The minimum absolute atomic E-state index is 0.0623. The molecule has 1 aromatic heterocycles. The Hall–Kier alpha value is -0.930. The second kappa shape index (κ2) is 5.59. The number of rotatable bonds is 3. The molecule has 2 rings (SSSR count). The number of methoxy groups -OCH3 is 1. The second-order valence-electron chi connectivity index (χ2n) is 4.36. The first-order chi connectivity index (χ1) is 8.95. The van der Waals surface area contributed by atoms with Gasteiger partial charge in [0.15, 0.2) is 0 Å². The molecule has 9 heteroatoms. The molecule has 108 valence electrons. The lowest BCUT2D eigenvalue weighted by Crippen LogP contribution is -2.48. The van der Waals surface area contributed by atoms with Crippen molar-refractivity contribution in [3.63, 3.8) is 0 Å². The van der Waals surface area contributed by atoms with Crippen LogP contribution in [0, 0.1) is 0 Å². The monoisotopic (exact) mass is 296 g/mol. The molecule has 19 heavy (non-hydrogen) atoms. The summed E-state index contributed by atoms with van der Waals surface area (Å²) >= 11 is 0.759. The van der Waals surface area contributed by atoms with E-state index in [0.29, 0.717) is 19.5 Å². The number of nitrogens with zero attached hydrogens (tertiary/aromatic N) is 3. The predicted octanol–water partition coefficient (Wildman–Crippen LogP) is 1.50. The van der Waals surface area contributed by atoms with Gasteiger partial charge in [0.2, 0.25) is 11.0 Å². The van der Waals surface area contributed by atoms with Crippen LogP contribution in [0.25, 0.3) is 0 Å². The normalized spacial score (nSPS) is 24.8. The summed E-state index contributed by atoms with van der Waals surface area (Å²) in [6, 6.07) is -0.0623. The highest BCUT2D eigenvalue weighted by Crippen LogP contribution is 2.32. The molecule has 0 spiro atoms. The van der Waals surface area contributed by atoms with Crippen LogP contribution in [0.2, 0.25) is 0 Å². The fraction of sp³-hybridized carbons (Fsp3) is 0.800. The lowest BCUT2D eigenvalue weighted by Gasteiger charge is -2.38. The van der Waals surface area contributed by atoms with Crippen LogP contribution in [-0.2, 0) is 10.9 Å². The van der Waals surface area contributed by atoms with Gasteiger partial charge in [-0.25, -0.2) is 0 Å². The molecule has 0 bridgehead atoms. The van der Waals surface area contributed by atoms with Crippen molar-refractivity contribution >= 4 is 16.7 Å². The highest BCUT2D eigenvalue weighted by Gasteiger charge is 2.38. The van der Waals surface area contributed by atoms with Gasteiger partial charge in [0.05, 0.1) is 6.10 Å². The minimum Gasteiger partial charge on any atom is -0.381 e. The Balaban J connectivity index is 2.14. The first-order valence-corrected chi connectivity index (χ1v) is 6.63. The summed E-state index contributed by atoms with van der Waals surface area (Å²) in [7, 11) is 1.63. The quantitative estimate of drug-likeness (QED) is 0.915. The van der Waals surface area contributed by atoms with Crippen molar-refractivity contribution in [2.45, 2.75) is 31.2 Å². The number of hydrogen-bond donors (Lipinski definition) is 1. The largest absolute Gasteiger partial charge is 0.452 e. The number of halogens is 3. The zero-order chi connectivity index (χ0) is 14.0. The van der Waals surface area contributed by atoms with E-state index in [1.807, 2.05) is 0 Å². The average Bonchev–Trinajstić information content (AvgIpc) is 2.87. The molecule has 1 aliphatic heterocycles. The van der Waals surface area contributed by atoms with Crippen LogP contribution in [0.4, 0.5) is 18.3 Å². The van der Waals surface area contributed by atoms with Gasteiger partial charge in [-0.3, -0.25) is 0 Å². The van der Waals surface area contributed by atoms with Crippen LogP contribution in [0.15, 0.2) is 0 Å². The number of anilines is 1. The van der Waals surface area contributed by atoms with Crippen LogP contribution >= 0.6 is 11.5 Å². The van der Waals surface area contributed by atoms with Crippen molar-refractivity contribution in [2.75, 3.05) is 25.1 Å². The zero-order valence-corrected chi connectivity index (χ0v) is 11.2. The van der Waals surface area contributed by atoms with Gasteiger partial charge in [-0.05, 0) is 12.8 Å². The van der Waals surface area contributed by atoms with E-state index in [2.05, 4.69) is 9.36 Å². The van der Waals surface area contributed by atoms with Crippen molar-refractivity contribution in [1.29, 1.82) is 0 Å². The van der Waals surface area contributed by atoms with Gasteiger partial charge >= 0.3 is 6.18 Å². The number of alkyl halides is 3. The molecule has 1 aromatic rings. The van der Waals surface area contributed by atoms with Gasteiger partial charge in [0.25, 0.3) is 0 Å². The van der Waals surface area contributed by atoms with E-state index in [0.717, 1.165) is 18.0 Å². The Bertz CT molecular complexity index is 425. The molecule has 2 heterocycles. The highest BCUT2D eigenvalue weighted by atomic mass is 32.1. The smallest absolute Gasteiger partial charge is 0.381 e. The van der Waals surface area contributed by atoms with Crippen LogP contribution < -0.4 is 10.6 Å². The zero-order valence-electron chi connectivity index (χ0n) is 10.4. The highest BCUT2D eigenvalue weighted by molar-refractivity contribution is 7.09. The van der Waals surface area contributed by atoms with E-state index in [9.17, 15) is 13.2 Å². The fourth-order valence-electron chi connectivity index (χ4n) is 2.15. The Morgan fingerprint density at radius 3 is 2.79 bits per heavy atom. The molecule has 0 aliphatic carbocycles. The van der Waals surface area contributed by atoms with Crippen molar-refractivity contribution in [1.82, 2.24) is 9.36 Å². The van der Waals surface area contributed by atoms with E-state index < -0.39 is 12.0 Å². The number of nitrogens with two attached hydrogens (primary N) is 1. The van der Waals surface area contributed by atoms with Crippen LogP contribution in [0.3, 0.4) is 0 Å². The summed E-state index contributed by atoms with van der Waals surface area (Å²) in [5, 5.41) is 0.275. The number of hydrogen-bond acceptors (Lipinski definition) is 6. The number of aromatic nitrogens is 2. The van der Waals surface area contributed by atoms with E-state index >= 15 is 0 Å². The maximum Gasteiger partial charge on any atom is 0.452 e. The molecule has 5 nitrogen and oxygen atoms in total. The third-order valence-corrected chi connectivity index (χ3v) is 3.94. The van der Waals surface area contributed by atoms with Crippen molar-refractivity contribution < 1.29 is 17.9 Å². The maximum absolute atomic E-state index is 12.5. The summed E-state index contributed by atoms with van der Waals surface area (Å²) < 4.78 is 46.1. The topological polar surface area (TPSA) is 64.3 Å². The Labute approximate surface area is 112 Å². The third kappa shape index (κ3) is 3.15. The van der Waals surface area contributed by atoms with Crippen LogP contribution in [0.5, 0.6) is 0 Å². The average molecular weight is 296 g/mol. The molecule has 2 atom stereocenters. The molecular formula is C10H15F3N4OS. The maximum atomic E-state index is 12.5. The molecular weight excluding hydrogens is 281 g/mol. The van der Waals surface area contributed by atoms with Gasteiger partial charge in [0, 0.05) is 37.8 Å². The van der Waals surface area contributed by atoms with Crippen LogP contribution in [0.1, 0.15) is 18.7 Å². The van der Waals surface area contributed by atoms with E-state index in [1.54, 1.807) is 12.0 Å². The van der Waals surface area contributed by atoms with Gasteiger partial charge in [-0.2, -0.15) is 22.5 Å². The lowest BCUT2D eigenvalue weighted by molar-refractivity contribution is -0.144. The Morgan fingerprint density at radius 1 is 1.53 bits per heavy atom. The summed E-state index contributed by atoms with van der Waals surface area (Å²) in [6.07, 6.45) is -2.97. The molecule has 1 fully saturated rings. The lowest BCUT2D eigenvalue weighted by atomic mass is 10.00. The summed E-state index contributed by atoms with van der Waals surface area (Å²) in [6.45, 7) is 0.924. The van der Waals surface area contributed by atoms with Gasteiger partial charge in [-0.15, -0.1) is 0 Å². The molecule has 1 saturated heterocycles. The Kier molecular flexibility index (Phi) is 4.26. The van der Waals surface area contributed by atoms with Crippen LogP contribution in [-0.4, -0.2) is 41.7 Å². The molecule has 0 amide bonds. The summed E-state index contributed by atoms with van der Waals surface area (Å²) in [5.74, 6) is -1.09. The molecule has 2 unspecified atom stereocenters. The first-order valence-electron chi connectivity index (χ1n) is 5.86. The van der Waals surface area contributed by atoms with Crippen molar-refractivity contribution in [3.8, 4) is 0 Å². The molecule has 0 aromatic carbocycles. The minimum atomic E-state index is -4.50. The van der Waals surface area contributed by atoms with Gasteiger partial charge in [-0.1, -0.05) is 0 Å². The number of piperidine rings is 1. The van der Waals surface area contributed by atoms with Gasteiger partial charge < -0.3 is 15.4 Å². The van der Waals surface area contributed by atoms with E-state index in [1.165, 1.54) is 0 Å². The second-order valence-corrected chi connectivity index (χ2v) is 5.09. The predicted molar refractivity (Wildman–Crippen MR) is 65.1 cm³/mol. The third-order valence-electron chi connectivity index (χ3n) is 3.19. The fourth-order valence-corrected chi connectivity index (χ4v) is 2.94. The first kappa shape index (κ1) is 14.5. The SMILES string of the molecule is COC1CCN(c2nc(C(F)(F)F)ns2)C(CN)C1. The molecule has 2 N–H and O–H groups in total. The van der Waals surface area contributed by atoms with Gasteiger partial charge in [0.1, 0.15) is 0 Å². The molecule has 1 aliphatic rings. The molecule has 0 saturated carbocycles. The molecule has 0 radical (unpaired) electrons. The Morgan fingerprint density at radius 2 is 2.26 bits per heavy atom. The van der Waals surface area contributed by atoms with E-state index in [4.69, 9.17) is 10.5 Å². The number of ether oxygens (including phenoxy) is 1. The van der Waals surface area contributed by atoms with Crippen molar-refractivity contribution in [3.05, 3.63) is 5.82 Å². The van der Waals surface area contributed by atoms with Crippen molar-refractivity contribution in [2.24, 2.45) is 5.73 Å². The summed E-state index contributed by atoms with van der Waals surface area (Å²) in [5.41, 5.74) is 5.68. The van der Waals surface area contributed by atoms with E-state index in [-0.39, 0.29) is 17.3 Å². The summed E-state index contributed by atoms with van der Waals surface area (Å²) in [4.78, 5) is 5.36. The standard InChI is InChI=1S/C10H15F3N4OS/c1-18-7-2-3-17(6(4-7)5-14)9-15-8(16-19-9)10(11,12)13/h6-7H,2-5,14H2,1H3.